The van der Waals surface area contributed by atoms with Gasteiger partial charge in [-0.05, 0) is 18.6 Å². The van der Waals surface area contributed by atoms with Gasteiger partial charge in [0.2, 0.25) is 0 Å². The molecule has 0 amide bonds. The predicted molar refractivity (Wildman–Crippen MR) is 64.2 cm³/mol. The molecule has 0 bridgehead atoms. The van der Waals surface area contributed by atoms with Crippen molar-refractivity contribution in [3.05, 3.63) is 18.2 Å². The number of nitrogens with two attached hydrogens (primary N) is 1. The van der Waals surface area contributed by atoms with Crippen LogP contribution in [0.2, 0.25) is 0 Å². The van der Waals surface area contributed by atoms with Crippen molar-refractivity contribution < 1.29 is 4.52 Å². The lowest BCUT2D eigenvalue weighted by Gasteiger charge is -1.99. The summed E-state index contributed by atoms with van der Waals surface area (Å²) in [5, 5.41) is 4.32. The number of aromatic nitrogens is 4. The Morgan fingerprint density at radius 1 is 1.35 bits per heavy atom. The SMILES string of the molecule is Nc1nccnc1-c1nc(C2CCCS2)no1. The van der Waals surface area contributed by atoms with Crippen molar-refractivity contribution in [3.63, 3.8) is 0 Å². The first-order valence-corrected chi connectivity index (χ1v) is 6.41. The molecule has 3 rings (SSSR count). The van der Waals surface area contributed by atoms with E-state index in [2.05, 4.69) is 20.1 Å². The van der Waals surface area contributed by atoms with Gasteiger partial charge in [-0.1, -0.05) is 5.16 Å². The van der Waals surface area contributed by atoms with E-state index in [9.17, 15) is 0 Å². The third kappa shape index (κ3) is 1.97. The Hall–Kier alpha value is -1.63. The van der Waals surface area contributed by atoms with Crippen LogP contribution in [0.5, 0.6) is 0 Å². The van der Waals surface area contributed by atoms with Crippen molar-refractivity contribution in [1.82, 2.24) is 20.1 Å². The molecule has 1 atom stereocenters. The first kappa shape index (κ1) is 10.5. The molecule has 0 aromatic carbocycles. The van der Waals surface area contributed by atoms with Crippen LogP contribution in [0.15, 0.2) is 16.9 Å². The van der Waals surface area contributed by atoms with Crippen LogP contribution in [0, 0.1) is 0 Å². The Morgan fingerprint density at radius 2 is 2.24 bits per heavy atom. The van der Waals surface area contributed by atoms with Gasteiger partial charge in [-0.2, -0.15) is 16.7 Å². The lowest BCUT2D eigenvalue weighted by Crippen LogP contribution is -1.96. The number of rotatable bonds is 2. The summed E-state index contributed by atoms with van der Waals surface area (Å²) in [6, 6.07) is 0. The highest BCUT2D eigenvalue weighted by Crippen LogP contribution is 2.38. The summed E-state index contributed by atoms with van der Waals surface area (Å²) < 4.78 is 5.19. The van der Waals surface area contributed by atoms with E-state index in [0.717, 1.165) is 18.0 Å². The summed E-state index contributed by atoms with van der Waals surface area (Å²) in [6.45, 7) is 0. The van der Waals surface area contributed by atoms with Crippen LogP contribution in [0.1, 0.15) is 23.9 Å². The van der Waals surface area contributed by atoms with Gasteiger partial charge in [-0.25, -0.2) is 9.97 Å². The number of hydrogen-bond donors (Lipinski definition) is 1. The molecule has 2 aromatic rings. The Balaban J connectivity index is 1.92. The van der Waals surface area contributed by atoms with Crippen molar-refractivity contribution in [2.45, 2.75) is 18.1 Å². The summed E-state index contributed by atoms with van der Waals surface area (Å²) in [4.78, 5) is 12.4. The third-order valence-electron chi connectivity index (χ3n) is 2.59. The number of nitrogens with zero attached hydrogens (tertiary/aromatic N) is 4. The van der Waals surface area contributed by atoms with Crippen LogP contribution in [0.3, 0.4) is 0 Å². The molecule has 17 heavy (non-hydrogen) atoms. The molecule has 0 radical (unpaired) electrons. The van der Waals surface area contributed by atoms with Gasteiger partial charge < -0.3 is 10.3 Å². The minimum atomic E-state index is 0.307. The maximum Gasteiger partial charge on any atom is 0.280 e. The molecule has 0 saturated carbocycles. The van der Waals surface area contributed by atoms with Crippen LogP contribution in [0.25, 0.3) is 11.6 Å². The van der Waals surface area contributed by atoms with E-state index in [0.29, 0.717) is 22.7 Å². The largest absolute Gasteiger partial charge is 0.382 e. The molecule has 1 unspecified atom stereocenters. The monoisotopic (exact) mass is 249 g/mol. The van der Waals surface area contributed by atoms with Gasteiger partial charge in [0.15, 0.2) is 17.3 Å². The summed E-state index contributed by atoms with van der Waals surface area (Å²) in [6.07, 6.45) is 5.38. The molecule has 6 nitrogen and oxygen atoms in total. The Labute approximate surface area is 102 Å². The maximum atomic E-state index is 5.71. The van der Waals surface area contributed by atoms with E-state index < -0.39 is 0 Å². The van der Waals surface area contributed by atoms with Crippen molar-refractivity contribution in [3.8, 4) is 11.6 Å². The summed E-state index contributed by atoms with van der Waals surface area (Å²) in [5.74, 6) is 2.54. The zero-order valence-electron chi connectivity index (χ0n) is 9.04. The maximum absolute atomic E-state index is 5.71. The zero-order chi connectivity index (χ0) is 11.7. The Kier molecular flexibility index (Phi) is 2.68. The van der Waals surface area contributed by atoms with Gasteiger partial charge in [0.05, 0.1) is 5.25 Å². The normalized spacial score (nSPS) is 19.6. The van der Waals surface area contributed by atoms with Crippen LogP contribution in [-0.4, -0.2) is 25.9 Å². The number of thioether (sulfide) groups is 1. The lowest BCUT2D eigenvalue weighted by atomic mass is 10.2. The molecule has 1 saturated heterocycles. The smallest absolute Gasteiger partial charge is 0.280 e. The van der Waals surface area contributed by atoms with E-state index in [-0.39, 0.29) is 0 Å². The van der Waals surface area contributed by atoms with Gasteiger partial charge in [0.25, 0.3) is 5.89 Å². The fraction of sp³-hybridized carbons (Fsp3) is 0.400. The average molecular weight is 249 g/mol. The van der Waals surface area contributed by atoms with E-state index in [1.807, 2.05) is 11.8 Å². The Bertz CT molecular complexity index is 523. The fourth-order valence-corrected chi connectivity index (χ4v) is 2.95. The second-order valence-corrected chi connectivity index (χ2v) is 5.06. The first-order valence-electron chi connectivity index (χ1n) is 5.36. The van der Waals surface area contributed by atoms with Crippen LogP contribution < -0.4 is 5.73 Å². The van der Waals surface area contributed by atoms with Crippen molar-refractivity contribution in [2.24, 2.45) is 0 Å². The molecule has 0 aliphatic carbocycles. The fourth-order valence-electron chi connectivity index (χ4n) is 1.76. The zero-order valence-corrected chi connectivity index (χ0v) is 9.85. The molecule has 1 aliphatic heterocycles. The molecule has 2 N–H and O–H groups in total. The molecule has 1 fully saturated rings. The quantitative estimate of drug-likeness (QED) is 0.865. The summed E-state index contributed by atoms with van der Waals surface area (Å²) in [5.41, 5.74) is 6.16. The Morgan fingerprint density at radius 3 is 3.00 bits per heavy atom. The van der Waals surface area contributed by atoms with E-state index in [1.165, 1.54) is 12.6 Å². The number of hydrogen-bond acceptors (Lipinski definition) is 7. The lowest BCUT2D eigenvalue weighted by molar-refractivity contribution is 0.420. The minimum Gasteiger partial charge on any atom is -0.382 e. The van der Waals surface area contributed by atoms with E-state index >= 15 is 0 Å². The molecule has 2 aromatic heterocycles. The topological polar surface area (TPSA) is 90.7 Å². The summed E-state index contributed by atoms with van der Waals surface area (Å²) in [7, 11) is 0. The standard InChI is InChI=1S/C10H11N5OS/c11-8-7(12-3-4-13-8)10-14-9(15-16-10)6-2-1-5-17-6/h3-4,6H,1-2,5H2,(H2,11,13). The van der Waals surface area contributed by atoms with Crippen molar-refractivity contribution >= 4 is 17.6 Å². The predicted octanol–water partition coefficient (Wildman–Crippen LogP) is 1.68. The highest BCUT2D eigenvalue weighted by Gasteiger charge is 2.24. The van der Waals surface area contributed by atoms with Crippen LogP contribution in [-0.2, 0) is 0 Å². The van der Waals surface area contributed by atoms with Gasteiger partial charge in [-0.3, -0.25) is 0 Å². The molecule has 7 heteroatoms. The first-order chi connectivity index (χ1) is 8.34. The number of anilines is 1. The van der Waals surface area contributed by atoms with Gasteiger partial charge >= 0.3 is 0 Å². The van der Waals surface area contributed by atoms with E-state index in [4.69, 9.17) is 10.3 Å². The highest BCUT2D eigenvalue weighted by molar-refractivity contribution is 7.99. The molecule has 88 valence electrons. The third-order valence-corrected chi connectivity index (χ3v) is 3.96. The van der Waals surface area contributed by atoms with Gasteiger partial charge in [0, 0.05) is 12.4 Å². The van der Waals surface area contributed by atoms with Crippen LogP contribution in [0.4, 0.5) is 5.82 Å². The minimum absolute atomic E-state index is 0.307. The van der Waals surface area contributed by atoms with Crippen LogP contribution >= 0.6 is 11.8 Å². The molecule has 0 spiro atoms. The second-order valence-electron chi connectivity index (χ2n) is 3.75. The van der Waals surface area contributed by atoms with E-state index in [1.54, 1.807) is 6.20 Å². The molecule has 1 aliphatic rings. The van der Waals surface area contributed by atoms with Gasteiger partial charge in [0.1, 0.15) is 0 Å². The summed E-state index contributed by atoms with van der Waals surface area (Å²) >= 11 is 1.86. The average Bonchev–Trinajstić information content (AvgIpc) is 3.00. The van der Waals surface area contributed by atoms with Crippen molar-refractivity contribution in [2.75, 3.05) is 11.5 Å². The number of nitrogen functional groups attached to an aromatic ring is 1. The molecule has 3 heterocycles. The van der Waals surface area contributed by atoms with Gasteiger partial charge in [-0.15, -0.1) is 0 Å². The van der Waals surface area contributed by atoms with Crippen molar-refractivity contribution in [1.29, 1.82) is 0 Å². The molecular weight excluding hydrogens is 238 g/mol. The molecular formula is C10H11N5OS. The highest BCUT2D eigenvalue weighted by atomic mass is 32.2. The second kappa shape index (κ2) is 4.33.